The number of rotatable bonds is 14. The fourth-order valence-electron chi connectivity index (χ4n) is 10.3. The molecule has 4 aliphatic heterocycles. The van der Waals surface area contributed by atoms with Crippen LogP contribution in [0.5, 0.6) is 17.2 Å². The molecule has 10 nitrogen and oxygen atoms in total. The first-order valence-corrected chi connectivity index (χ1v) is 33.9. The molecular formula is C64H83Br2ClN4O6S3. The van der Waals surface area contributed by atoms with Gasteiger partial charge in [0.05, 0.1) is 21.3 Å². The Morgan fingerprint density at radius 3 is 1.43 bits per heavy atom. The van der Waals surface area contributed by atoms with Crippen LogP contribution >= 0.6 is 78.7 Å². The molecule has 0 aromatic heterocycles. The van der Waals surface area contributed by atoms with E-state index in [9.17, 15) is 14.4 Å². The van der Waals surface area contributed by atoms with Crippen LogP contribution in [0.4, 0.5) is 0 Å². The maximum atomic E-state index is 12.9. The number of halogens is 3. The van der Waals surface area contributed by atoms with Gasteiger partial charge in [0.2, 0.25) is 17.1 Å². The van der Waals surface area contributed by atoms with Crippen molar-refractivity contribution < 1.29 is 28.6 Å². The van der Waals surface area contributed by atoms with Gasteiger partial charge in [-0.05, 0) is 170 Å². The molecule has 0 radical (unpaired) electrons. The number of piperidine rings is 1. The Labute approximate surface area is 512 Å². The van der Waals surface area contributed by atoms with Crippen LogP contribution in [0.3, 0.4) is 0 Å². The predicted molar refractivity (Wildman–Crippen MR) is 342 cm³/mol. The first kappa shape index (κ1) is 65.5. The molecule has 434 valence electrons. The summed E-state index contributed by atoms with van der Waals surface area (Å²) in [5.41, 5.74) is 6.70. The number of carbonyl (C=O) groups is 3. The number of alkyl halides is 2. The predicted octanol–water partition coefficient (Wildman–Crippen LogP) is 14.5. The van der Waals surface area contributed by atoms with Crippen LogP contribution in [0.25, 0.3) is 0 Å². The van der Waals surface area contributed by atoms with Crippen molar-refractivity contribution in [3.63, 3.8) is 0 Å². The third-order valence-electron chi connectivity index (χ3n) is 14.8. The third-order valence-corrected chi connectivity index (χ3v) is 19.1. The molecule has 16 heteroatoms. The zero-order valence-electron chi connectivity index (χ0n) is 47.1. The number of hydrogen-bond donors (Lipinski definition) is 2. The molecule has 4 heterocycles. The van der Waals surface area contributed by atoms with Crippen molar-refractivity contribution in [2.75, 3.05) is 82.0 Å². The number of nitrogens with zero attached hydrogens (tertiary/aromatic N) is 2. The second kappa shape index (κ2) is 37.5. The molecule has 0 atom stereocenters. The van der Waals surface area contributed by atoms with Gasteiger partial charge >= 0.3 is 0 Å². The molecule has 10 rings (SSSR count). The standard InChI is InChI=1S/C26H33NO2S.C13H16BrNO2S.C12H17N.C10H13NOS.C3H4BrClO/c1-29-24-12-13-25-23(18-24)19-27(15-16-30-25)26(28)14-11-20-7-9-22(10-8-20)17-21-5-3-2-4-6-21;1-17-11-2-3-12-10(8-11)9-15(6-7-18-12)13(16)4-5-14;1-2-4-11(5-3-1)10-12-6-8-13-9-7-12;1-12-9-2-3-10-8(6-9)7-11-4-5-13-10;4-2-1-3(5)6/h2-6,12-13,18,20,22H,7-11,14-17,19H2,1H3;2-3,8H,4-7,9H2,1H3;1-5,12-13H,6-10H2;2-3,6,11H,4-5,7H2,1H3;1-2H2. The van der Waals surface area contributed by atoms with E-state index >= 15 is 0 Å². The Bertz CT molecular complexity index is 2610. The number of hydrogen-bond acceptors (Lipinski definition) is 11. The smallest absolute Gasteiger partial charge is 0.223 e. The van der Waals surface area contributed by atoms with Crippen LogP contribution in [-0.2, 0) is 46.9 Å². The van der Waals surface area contributed by atoms with E-state index in [1.165, 1.54) is 107 Å². The van der Waals surface area contributed by atoms with E-state index in [0.717, 1.165) is 90.2 Å². The number of nitrogens with one attached hydrogen (secondary N) is 2. The van der Waals surface area contributed by atoms with Gasteiger partial charge in [-0.25, -0.2) is 0 Å². The minimum Gasteiger partial charge on any atom is -0.497 e. The Morgan fingerprint density at radius 1 is 0.525 bits per heavy atom. The van der Waals surface area contributed by atoms with E-state index in [1.807, 2.05) is 52.7 Å². The molecule has 0 spiro atoms. The van der Waals surface area contributed by atoms with Crippen LogP contribution in [0.1, 0.15) is 92.0 Å². The van der Waals surface area contributed by atoms with Crippen molar-refractivity contribution in [2.24, 2.45) is 17.8 Å². The molecule has 5 aliphatic rings. The zero-order valence-corrected chi connectivity index (χ0v) is 53.5. The van der Waals surface area contributed by atoms with E-state index in [1.54, 1.807) is 33.1 Å². The molecule has 0 bridgehead atoms. The Balaban J connectivity index is 0.000000176. The van der Waals surface area contributed by atoms with E-state index in [4.69, 9.17) is 25.8 Å². The van der Waals surface area contributed by atoms with Crippen molar-refractivity contribution in [3.05, 3.63) is 143 Å². The van der Waals surface area contributed by atoms with Crippen molar-refractivity contribution in [2.45, 2.75) is 111 Å². The summed E-state index contributed by atoms with van der Waals surface area (Å²) in [5.74, 6) is 8.71. The molecule has 5 aromatic carbocycles. The van der Waals surface area contributed by atoms with Crippen LogP contribution in [0, 0.1) is 17.8 Å². The molecule has 2 amide bonds. The van der Waals surface area contributed by atoms with E-state index < -0.39 is 0 Å². The average molecular weight is 1300 g/mol. The monoisotopic (exact) mass is 1290 g/mol. The number of methoxy groups -OCH3 is 3. The summed E-state index contributed by atoms with van der Waals surface area (Å²) in [6, 6.07) is 40.3. The van der Waals surface area contributed by atoms with Crippen LogP contribution < -0.4 is 24.8 Å². The summed E-state index contributed by atoms with van der Waals surface area (Å²) in [7, 11) is 5.07. The largest absolute Gasteiger partial charge is 0.497 e. The highest BCUT2D eigenvalue weighted by molar-refractivity contribution is 9.09. The van der Waals surface area contributed by atoms with Crippen molar-refractivity contribution >= 4 is 95.8 Å². The van der Waals surface area contributed by atoms with Gasteiger partial charge in [-0.15, -0.1) is 35.3 Å². The van der Waals surface area contributed by atoms with Gasteiger partial charge in [-0.3, -0.25) is 14.4 Å². The fourth-order valence-corrected chi connectivity index (χ4v) is 14.3. The SMILES string of the molecule is COc1ccc2c(c1)CN(C(=O)CCBr)CCS2.COc1ccc2c(c1)CN(C(=O)CCC1CCC(Cc3ccccc3)CC1)CCS2.COc1ccc2c(c1)CNCCS2.O=C(Cl)CCBr.c1ccc(CC2CCNCC2)cc1. The molecule has 5 aromatic rings. The van der Waals surface area contributed by atoms with E-state index in [-0.39, 0.29) is 11.1 Å². The molecule has 1 saturated carbocycles. The number of thioether (sulfide) groups is 3. The zero-order chi connectivity index (χ0) is 56.7. The van der Waals surface area contributed by atoms with Gasteiger partial charge in [-0.1, -0.05) is 105 Å². The van der Waals surface area contributed by atoms with E-state index in [0.29, 0.717) is 43.6 Å². The summed E-state index contributed by atoms with van der Waals surface area (Å²) < 4.78 is 15.8. The number of benzene rings is 5. The average Bonchev–Trinajstić information content (AvgIpc) is 3.97. The van der Waals surface area contributed by atoms with Gasteiger partial charge in [0.15, 0.2) is 0 Å². The van der Waals surface area contributed by atoms with Gasteiger partial charge < -0.3 is 34.6 Å². The van der Waals surface area contributed by atoms with Crippen LogP contribution in [0.2, 0.25) is 0 Å². The maximum absolute atomic E-state index is 12.9. The Kier molecular flexibility index (Phi) is 30.7. The minimum atomic E-state index is -0.285. The summed E-state index contributed by atoms with van der Waals surface area (Å²) >= 11 is 16.8. The summed E-state index contributed by atoms with van der Waals surface area (Å²) in [4.78, 5) is 42.6. The molecule has 0 unspecified atom stereocenters. The molecular weight excluding hydrogens is 1210 g/mol. The van der Waals surface area contributed by atoms with Gasteiger partial charge in [-0.2, -0.15) is 0 Å². The van der Waals surface area contributed by atoms with Crippen molar-refractivity contribution in [1.29, 1.82) is 0 Å². The quantitative estimate of drug-likeness (QED) is 0.0819. The second-order valence-electron chi connectivity index (χ2n) is 20.5. The Hall–Kier alpha value is -3.67. The lowest BCUT2D eigenvalue weighted by atomic mass is 9.77. The van der Waals surface area contributed by atoms with Gasteiger partial charge in [0, 0.05) is 101 Å². The maximum Gasteiger partial charge on any atom is 0.223 e. The highest BCUT2D eigenvalue weighted by atomic mass is 79.9. The third kappa shape index (κ3) is 23.5. The normalized spacial score (nSPS) is 17.7. The fraction of sp³-hybridized carbons (Fsp3) is 0.484. The highest BCUT2D eigenvalue weighted by Gasteiger charge is 2.25. The summed E-state index contributed by atoms with van der Waals surface area (Å²) in [6.07, 6.45) is 13.0. The molecule has 80 heavy (non-hydrogen) atoms. The van der Waals surface area contributed by atoms with Gasteiger partial charge in [0.25, 0.3) is 0 Å². The number of amides is 2. The lowest BCUT2D eigenvalue weighted by molar-refractivity contribution is -0.132. The summed E-state index contributed by atoms with van der Waals surface area (Å²) in [6.45, 7) is 7.50. The topological polar surface area (TPSA) is 109 Å². The number of fused-ring (bicyclic) bond motifs is 3. The second-order valence-corrected chi connectivity index (χ2v) is 25.9. The number of ether oxygens (including phenoxy) is 3. The summed E-state index contributed by atoms with van der Waals surface area (Å²) in [5, 5.41) is 7.88. The molecule has 1 saturated heterocycles. The number of carbonyl (C=O) groups excluding carboxylic acids is 3. The lowest BCUT2D eigenvalue weighted by Gasteiger charge is -2.29. The Morgan fingerprint density at radius 2 is 0.963 bits per heavy atom. The van der Waals surface area contributed by atoms with Crippen molar-refractivity contribution in [1.82, 2.24) is 20.4 Å². The highest BCUT2D eigenvalue weighted by Crippen LogP contribution is 2.36. The first-order valence-electron chi connectivity index (χ1n) is 28.3. The van der Waals surface area contributed by atoms with Gasteiger partial charge in [0.1, 0.15) is 17.2 Å². The molecule has 2 N–H and O–H groups in total. The van der Waals surface area contributed by atoms with Crippen LogP contribution in [-0.4, -0.2) is 109 Å². The molecule has 1 aliphatic carbocycles. The van der Waals surface area contributed by atoms with Crippen LogP contribution in [0.15, 0.2) is 130 Å². The first-order chi connectivity index (χ1) is 39.1. The van der Waals surface area contributed by atoms with E-state index in [2.05, 4.69) is 138 Å². The van der Waals surface area contributed by atoms with Crippen molar-refractivity contribution in [3.8, 4) is 17.2 Å². The minimum absolute atomic E-state index is 0.211. The lowest BCUT2D eigenvalue weighted by Crippen LogP contribution is -2.32. The molecule has 2 fully saturated rings.